The van der Waals surface area contributed by atoms with Crippen molar-refractivity contribution >= 4 is 16.9 Å². The predicted octanol–water partition coefficient (Wildman–Crippen LogP) is 1.94. The van der Waals surface area contributed by atoms with Gasteiger partial charge in [0.1, 0.15) is 5.69 Å². The summed E-state index contributed by atoms with van der Waals surface area (Å²) in [6.45, 7) is 0. The molecule has 0 fully saturated rings. The zero-order valence-electron chi connectivity index (χ0n) is 8.20. The van der Waals surface area contributed by atoms with E-state index in [2.05, 4.69) is 15.6 Å². The topological polar surface area (TPSA) is 42.1 Å². The van der Waals surface area contributed by atoms with Gasteiger partial charge in [0.25, 0.3) is 0 Å². The first kappa shape index (κ1) is 9.35. The van der Waals surface area contributed by atoms with E-state index < -0.39 is 5.97 Å². The van der Waals surface area contributed by atoms with E-state index in [-0.39, 0.29) is 0 Å². The second kappa shape index (κ2) is 3.50. The maximum Gasteiger partial charge on any atom is 0.354 e. The van der Waals surface area contributed by atoms with Gasteiger partial charge in [0, 0.05) is 16.5 Å². The zero-order chi connectivity index (χ0) is 10.8. The summed E-state index contributed by atoms with van der Waals surface area (Å²) < 4.78 is 4.62. The van der Waals surface area contributed by atoms with Gasteiger partial charge in [-0.1, -0.05) is 12.0 Å². The molecule has 0 atom stereocenters. The minimum Gasteiger partial charge on any atom is -0.464 e. The molecule has 0 saturated heterocycles. The van der Waals surface area contributed by atoms with E-state index in [1.165, 1.54) is 7.11 Å². The molecule has 2 aromatic rings. The molecule has 0 amide bonds. The fraction of sp³-hybridized carbons (Fsp3) is 0.0833. The second-order valence-corrected chi connectivity index (χ2v) is 3.09. The van der Waals surface area contributed by atoms with E-state index >= 15 is 0 Å². The quantitative estimate of drug-likeness (QED) is 0.563. The Morgan fingerprint density at radius 3 is 3.00 bits per heavy atom. The number of carbonyl (C=O) groups is 1. The lowest BCUT2D eigenvalue weighted by Gasteiger charge is -1.92. The van der Waals surface area contributed by atoms with Crippen molar-refractivity contribution in [2.75, 3.05) is 7.11 Å². The molecule has 0 aliphatic heterocycles. The number of methoxy groups -OCH3 is 1. The highest BCUT2D eigenvalue weighted by molar-refractivity contribution is 5.96. The van der Waals surface area contributed by atoms with Crippen molar-refractivity contribution in [1.82, 2.24) is 4.98 Å². The lowest BCUT2D eigenvalue weighted by atomic mass is 10.1. The number of carbonyl (C=O) groups excluding carboxylic acids is 1. The van der Waals surface area contributed by atoms with Gasteiger partial charge in [0.15, 0.2) is 0 Å². The number of fused-ring (bicyclic) bond motifs is 1. The summed E-state index contributed by atoms with van der Waals surface area (Å²) in [5.41, 5.74) is 2.01. The number of hydrogen-bond acceptors (Lipinski definition) is 2. The maximum absolute atomic E-state index is 11.3. The molecule has 15 heavy (non-hydrogen) atoms. The summed E-state index contributed by atoms with van der Waals surface area (Å²) in [6, 6.07) is 7.24. The first-order valence-corrected chi connectivity index (χ1v) is 4.43. The number of esters is 1. The molecule has 0 aliphatic rings. The Bertz CT molecular complexity index is 560. The first-order chi connectivity index (χ1) is 7.26. The third-order valence-electron chi connectivity index (χ3n) is 2.22. The van der Waals surface area contributed by atoms with Crippen molar-refractivity contribution < 1.29 is 9.53 Å². The molecule has 3 heteroatoms. The van der Waals surface area contributed by atoms with Crippen LogP contribution < -0.4 is 0 Å². The first-order valence-electron chi connectivity index (χ1n) is 4.43. The molecule has 0 radical (unpaired) electrons. The molecule has 1 aromatic carbocycles. The highest BCUT2D eigenvalue weighted by atomic mass is 16.5. The van der Waals surface area contributed by atoms with Crippen LogP contribution >= 0.6 is 0 Å². The number of terminal acetylenes is 1. The van der Waals surface area contributed by atoms with Crippen LogP contribution in [0.25, 0.3) is 10.9 Å². The molecule has 0 aliphatic carbocycles. The van der Waals surface area contributed by atoms with E-state index in [0.29, 0.717) is 5.69 Å². The normalized spacial score (nSPS) is 9.87. The van der Waals surface area contributed by atoms with Gasteiger partial charge < -0.3 is 9.72 Å². The minimum atomic E-state index is -0.394. The monoisotopic (exact) mass is 199 g/mol. The Kier molecular flexibility index (Phi) is 2.18. The Labute approximate surface area is 87.1 Å². The van der Waals surface area contributed by atoms with Crippen LogP contribution in [0.3, 0.4) is 0 Å². The number of H-pyrrole nitrogens is 1. The summed E-state index contributed by atoms with van der Waals surface area (Å²) in [5.74, 6) is 2.17. The predicted molar refractivity (Wildman–Crippen MR) is 57.6 cm³/mol. The molecule has 74 valence electrons. The van der Waals surface area contributed by atoms with Crippen LogP contribution in [0, 0.1) is 12.3 Å². The van der Waals surface area contributed by atoms with Gasteiger partial charge in [-0.25, -0.2) is 4.79 Å². The van der Waals surface area contributed by atoms with Crippen LogP contribution in [0.2, 0.25) is 0 Å². The average Bonchev–Trinajstić information content (AvgIpc) is 2.71. The Morgan fingerprint density at radius 1 is 1.53 bits per heavy atom. The van der Waals surface area contributed by atoms with Crippen LogP contribution in [0.1, 0.15) is 16.1 Å². The van der Waals surface area contributed by atoms with Crippen LogP contribution in [0.15, 0.2) is 24.3 Å². The van der Waals surface area contributed by atoms with Crippen molar-refractivity contribution in [3.8, 4) is 12.3 Å². The van der Waals surface area contributed by atoms with Crippen molar-refractivity contribution in [2.45, 2.75) is 0 Å². The standard InChI is InChI=1S/C12H9NO2/c1-3-8-5-4-6-10-9(8)7-11(13-10)12(14)15-2/h1,4-7,13H,2H3. The summed E-state index contributed by atoms with van der Waals surface area (Å²) >= 11 is 0. The maximum atomic E-state index is 11.3. The van der Waals surface area contributed by atoms with Crippen molar-refractivity contribution in [1.29, 1.82) is 0 Å². The molecule has 3 nitrogen and oxygen atoms in total. The van der Waals surface area contributed by atoms with Gasteiger partial charge in [-0.05, 0) is 18.2 Å². The van der Waals surface area contributed by atoms with Crippen molar-refractivity contribution in [3.05, 3.63) is 35.5 Å². The van der Waals surface area contributed by atoms with Crippen molar-refractivity contribution in [3.63, 3.8) is 0 Å². The molecule has 2 rings (SSSR count). The number of benzene rings is 1. The van der Waals surface area contributed by atoms with Gasteiger partial charge in [0.2, 0.25) is 0 Å². The summed E-state index contributed by atoms with van der Waals surface area (Å²) in [4.78, 5) is 14.2. The second-order valence-electron chi connectivity index (χ2n) is 3.09. The van der Waals surface area contributed by atoms with E-state index in [4.69, 9.17) is 6.42 Å². The number of ether oxygens (including phenoxy) is 1. The number of aromatic nitrogens is 1. The van der Waals surface area contributed by atoms with Crippen LogP contribution in [0.5, 0.6) is 0 Å². The Hall–Kier alpha value is -2.21. The average molecular weight is 199 g/mol. The van der Waals surface area contributed by atoms with E-state index in [1.807, 2.05) is 18.2 Å². The SMILES string of the molecule is C#Cc1cccc2[nH]c(C(=O)OC)cc12. The van der Waals surface area contributed by atoms with Crippen LogP contribution in [-0.4, -0.2) is 18.1 Å². The number of nitrogens with one attached hydrogen (secondary N) is 1. The molecule has 0 saturated carbocycles. The van der Waals surface area contributed by atoms with E-state index in [1.54, 1.807) is 6.07 Å². The van der Waals surface area contributed by atoms with Gasteiger partial charge in [-0.3, -0.25) is 0 Å². The molecule has 0 spiro atoms. The van der Waals surface area contributed by atoms with E-state index in [0.717, 1.165) is 16.5 Å². The Morgan fingerprint density at radius 2 is 2.33 bits per heavy atom. The lowest BCUT2D eigenvalue weighted by Crippen LogP contribution is -2.00. The number of rotatable bonds is 1. The van der Waals surface area contributed by atoms with Crippen molar-refractivity contribution in [2.24, 2.45) is 0 Å². The van der Waals surface area contributed by atoms with E-state index in [9.17, 15) is 4.79 Å². The summed E-state index contributed by atoms with van der Waals surface area (Å²) in [6.07, 6.45) is 5.35. The number of hydrogen-bond donors (Lipinski definition) is 1. The third kappa shape index (κ3) is 1.46. The fourth-order valence-electron chi connectivity index (χ4n) is 1.50. The van der Waals surface area contributed by atoms with Gasteiger partial charge in [-0.2, -0.15) is 0 Å². The zero-order valence-corrected chi connectivity index (χ0v) is 8.20. The van der Waals surface area contributed by atoms with Gasteiger partial charge in [0.05, 0.1) is 7.11 Å². The largest absolute Gasteiger partial charge is 0.464 e. The smallest absolute Gasteiger partial charge is 0.354 e. The lowest BCUT2D eigenvalue weighted by molar-refractivity contribution is 0.0595. The van der Waals surface area contributed by atoms with Gasteiger partial charge in [-0.15, -0.1) is 6.42 Å². The van der Waals surface area contributed by atoms with Gasteiger partial charge >= 0.3 is 5.97 Å². The summed E-state index contributed by atoms with van der Waals surface area (Å²) in [5, 5.41) is 0.861. The molecular weight excluding hydrogens is 190 g/mol. The minimum absolute atomic E-state index is 0.394. The highest BCUT2D eigenvalue weighted by Gasteiger charge is 2.10. The molecular formula is C12H9NO2. The summed E-state index contributed by atoms with van der Waals surface area (Å²) in [7, 11) is 1.34. The molecule has 1 heterocycles. The molecule has 1 N–H and O–H groups in total. The number of aromatic amines is 1. The Balaban J connectivity index is 2.66. The van der Waals surface area contributed by atoms with Crippen LogP contribution in [0.4, 0.5) is 0 Å². The third-order valence-corrected chi connectivity index (χ3v) is 2.22. The molecule has 0 unspecified atom stereocenters. The molecule has 0 bridgehead atoms. The highest BCUT2D eigenvalue weighted by Crippen LogP contribution is 2.19. The molecule has 1 aromatic heterocycles. The fourth-order valence-corrected chi connectivity index (χ4v) is 1.50. The van der Waals surface area contributed by atoms with Crippen LogP contribution in [-0.2, 0) is 4.74 Å².